The number of aliphatic hydroxyl groups is 2. The third-order valence-electron chi connectivity index (χ3n) is 2.45. The molecule has 8 nitrogen and oxygen atoms in total. The van der Waals surface area contributed by atoms with Crippen molar-refractivity contribution in [3.05, 3.63) is 60.2 Å². The summed E-state index contributed by atoms with van der Waals surface area (Å²) in [4.78, 5) is 29.4. The van der Waals surface area contributed by atoms with Crippen molar-refractivity contribution < 1.29 is 39.9 Å². The average molecular weight is 384 g/mol. The fourth-order valence-electron chi connectivity index (χ4n) is 0.581. The van der Waals surface area contributed by atoms with Gasteiger partial charge in [0.1, 0.15) is 0 Å². The minimum Gasteiger partial charge on any atom is -0.478 e. The van der Waals surface area contributed by atoms with Crippen molar-refractivity contribution >= 4 is 17.9 Å². The highest BCUT2D eigenvalue weighted by Gasteiger charge is 1.99. The van der Waals surface area contributed by atoms with Gasteiger partial charge in [0.25, 0.3) is 0 Å². The molecule has 0 aliphatic carbocycles. The molecule has 0 saturated carbocycles. The second kappa shape index (κ2) is 16.5. The number of hydrogen-bond donors (Lipinski definition) is 5. The number of benzene rings is 1. The Labute approximate surface area is 158 Å². The molecule has 0 heterocycles. The van der Waals surface area contributed by atoms with Gasteiger partial charge in [-0.3, -0.25) is 0 Å². The Bertz CT molecular complexity index is 549. The van der Waals surface area contributed by atoms with E-state index in [1.54, 1.807) is 44.2 Å². The van der Waals surface area contributed by atoms with Crippen LogP contribution in [-0.4, -0.2) is 55.6 Å². The molecule has 1 rings (SSSR count). The summed E-state index contributed by atoms with van der Waals surface area (Å²) >= 11 is 0. The summed E-state index contributed by atoms with van der Waals surface area (Å²) in [7, 11) is 0. The van der Waals surface area contributed by atoms with Gasteiger partial charge in [0.2, 0.25) is 0 Å². The van der Waals surface area contributed by atoms with E-state index < -0.39 is 30.1 Å². The lowest BCUT2D eigenvalue weighted by Crippen LogP contribution is -2.17. The van der Waals surface area contributed by atoms with Crippen LogP contribution in [0, 0.1) is 0 Å². The van der Waals surface area contributed by atoms with E-state index >= 15 is 0 Å². The van der Waals surface area contributed by atoms with Crippen LogP contribution in [0.5, 0.6) is 0 Å². The van der Waals surface area contributed by atoms with Crippen LogP contribution in [0.15, 0.2) is 54.6 Å². The van der Waals surface area contributed by atoms with Crippen molar-refractivity contribution in [3.8, 4) is 0 Å². The van der Waals surface area contributed by atoms with Crippen LogP contribution >= 0.6 is 0 Å². The van der Waals surface area contributed by atoms with E-state index in [0.717, 1.165) is 0 Å². The van der Waals surface area contributed by atoms with E-state index in [1.165, 1.54) is 13.8 Å². The third-order valence-corrected chi connectivity index (χ3v) is 2.45. The lowest BCUT2D eigenvalue weighted by atomic mass is 10.2. The van der Waals surface area contributed by atoms with Gasteiger partial charge in [-0.25, -0.2) is 14.4 Å². The zero-order valence-corrected chi connectivity index (χ0v) is 15.9. The van der Waals surface area contributed by atoms with Crippen LogP contribution in [0.1, 0.15) is 38.1 Å². The highest BCUT2D eigenvalue weighted by atomic mass is 16.4. The number of carboxylic acid groups (broad SMARTS) is 3. The number of carboxylic acids is 3. The Kier molecular flexibility index (Phi) is 17.6. The van der Waals surface area contributed by atoms with E-state index in [2.05, 4.69) is 13.2 Å². The molecule has 27 heavy (non-hydrogen) atoms. The van der Waals surface area contributed by atoms with Crippen molar-refractivity contribution in [3.63, 3.8) is 0 Å². The summed E-state index contributed by atoms with van der Waals surface area (Å²) in [6.45, 7) is 12.3. The largest absolute Gasteiger partial charge is 0.478 e. The van der Waals surface area contributed by atoms with Crippen molar-refractivity contribution in [2.45, 2.75) is 39.9 Å². The van der Waals surface area contributed by atoms with Gasteiger partial charge in [0, 0.05) is 11.1 Å². The maximum atomic E-state index is 10.2. The number of rotatable bonds is 4. The molecular weight excluding hydrogens is 356 g/mol. The quantitative estimate of drug-likeness (QED) is 0.496. The molecular formula is C19H28O8. The Morgan fingerprint density at radius 1 is 0.778 bits per heavy atom. The Hall–Kier alpha value is -2.97. The van der Waals surface area contributed by atoms with Gasteiger partial charge in [-0.1, -0.05) is 31.4 Å². The summed E-state index contributed by atoms with van der Waals surface area (Å²) in [6, 6.07) is 8.30. The summed E-state index contributed by atoms with van der Waals surface area (Å²) < 4.78 is 0. The minimum absolute atomic E-state index is 0.176. The summed E-state index contributed by atoms with van der Waals surface area (Å²) in [5.41, 5.74) is 0.683. The van der Waals surface area contributed by atoms with Crippen LogP contribution in [0.4, 0.5) is 0 Å². The molecule has 0 aliphatic heterocycles. The summed E-state index contributed by atoms with van der Waals surface area (Å²) in [6.07, 6.45) is -1.19. The molecule has 0 aromatic heterocycles. The molecule has 0 fully saturated rings. The summed E-state index contributed by atoms with van der Waals surface area (Å²) in [5, 5.41) is 40.9. The van der Waals surface area contributed by atoms with Gasteiger partial charge < -0.3 is 25.5 Å². The van der Waals surface area contributed by atoms with Crippen LogP contribution in [-0.2, 0) is 9.59 Å². The van der Waals surface area contributed by atoms with Crippen LogP contribution in [0.25, 0.3) is 0 Å². The van der Waals surface area contributed by atoms with Gasteiger partial charge in [-0.15, -0.1) is 0 Å². The number of aliphatic hydroxyl groups excluding tert-OH is 2. The molecule has 0 radical (unpaired) electrons. The van der Waals surface area contributed by atoms with E-state index in [1.807, 2.05) is 0 Å². The topological polar surface area (TPSA) is 152 Å². The van der Waals surface area contributed by atoms with Gasteiger partial charge in [0.05, 0.1) is 17.8 Å². The molecule has 0 aliphatic rings. The SMILES string of the molecule is C=C(C)C(=O)O.C=C(C)C(=O)O.CC(O)C(C)O.O=C(O)c1ccccc1. The maximum Gasteiger partial charge on any atom is 0.335 e. The molecule has 5 N–H and O–H groups in total. The maximum absolute atomic E-state index is 10.2. The Morgan fingerprint density at radius 2 is 1.04 bits per heavy atom. The monoisotopic (exact) mass is 384 g/mol. The molecule has 0 saturated heterocycles. The van der Waals surface area contributed by atoms with Crippen LogP contribution in [0.3, 0.4) is 0 Å². The normalized spacial score (nSPS) is 10.7. The molecule has 2 atom stereocenters. The Morgan fingerprint density at radius 3 is 1.15 bits per heavy atom. The molecule has 8 heteroatoms. The molecule has 1 aromatic carbocycles. The van der Waals surface area contributed by atoms with Gasteiger partial charge in [-0.2, -0.15) is 0 Å². The first kappa shape index (κ1) is 28.8. The van der Waals surface area contributed by atoms with Crippen molar-refractivity contribution in [1.29, 1.82) is 0 Å². The van der Waals surface area contributed by atoms with Gasteiger partial charge in [-0.05, 0) is 39.8 Å². The molecule has 152 valence electrons. The zero-order chi connectivity index (χ0) is 22.2. The average Bonchev–Trinajstić information content (AvgIpc) is 2.57. The van der Waals surface area contributed by atoms with E-state index in [9.17, 15) is 14.4 Å². The van der Waals surface area contributed by atoms with Crippen molar-refractivity contribution in [1.82, 2.24) is 0 Å². The fourth-order valence-corrected chi connectivity index (χ4v) is 0.581. The lowest BCUT2D eigenvalue weighted by molar-refractivity contribution is -0.133. The zero-order valence-electron chi connectivity index (χ0n) is 15.9. The third kappa shape index (κ3) is 23.0. The summed E-state index contributed by atoms with van der Waals surface area (Å²) in [5.74, 6) is -2.75. The first-order valence-corrected chi connectivity index (χ1v) is 7.66. The highest BCUT2D eigenvalue weighted by Crippen LogP contribution is 1.96. The molecule has 2 unspecified atom stereocenters. The highest BCUT2D eigenvalue weighted by molar-refractivity contribution is 5.87. The van der Waals surface area contributed by atoms with Crippen molar-refractivity contribution in [2.24, 2.45) is 0 Å². The first-order valence-electron chi connectivity index (χ1n) is 7.66. The fraction of sp³-hybridized carbons (Fsp3) is 0.316. The molecule has 1 aromatic rings. The van der Waals surface area contributed by atoms with Gasteiger partial charge in [0.15, 0.2) is 0 Å². The van der Waals surface area contributed by atoms with Crippen LogP contribution in [0.2, 0.25) is 0 Å². The van der Waals surface area contributed by atoms with E-state index in [0.29, 0.717) is 5.56 Å². The number of aromatic carboxylic acids is 1. The molecule has 0 spiro atoms. The standard InChI is InChI=1S/C7H6O2.C4H10O2.2C4H6O2/c8-7(9)6-4-2-1-3-5-6;1-3(5)4(2)6;2*1-3(2)4(5)6/h1-5H,(H,8,9);3-6H,1-2H3;2*1H2,2H3,(H,5,6). The first-order chi connectivity index (χ1) is 12.2. The number of hydrogen-bond acceptors (Lipinski definition) is 5. The lowest BCUT2D eigenvalue weighted by Gasteiger charge is -2.03. The van der Waals surface area contributed by atoms with Crippen molar-refractivity contribution in [2.75, 3.05) is 0 Å². The number of aliphatic carboxylic acids is 2. The smallest absolute Gasteiger partial charge is 0.335 e. The van der Waals surface area contributed by atoms with Gasteiger partial charge >= 0.3 is 17.9 Å². The predicted octanol–water partition coefficient (Wildman–Crippen LogP) is 2.43. The van der Waals surface area contributed by atoms with E-state index in [4.69, 9.17) is 25.5 Å². The molecule has 0 amide bonds. The Balaban J connectivity index is -0.000000291. The van der Waals surface area contributed by atoms with E-state index in [-0.39, 0.29) is 11.1 Å². The molecule has 0 bridgehead atoms. The van der Waals surface area contributed by atoms with Crippen LogP contribution < -0.4 is 0 Å². The predicted molar refractivity (Wildman–Crippen MR) is 102 cm³/mol. The number of carbonyl (C=O) groups is 3. The second-order valence-electron chi connectivity index (χ2n) is 5.32. The second-order valence-corrected chi connectivity index (χ2v) is 5.32. The minimum atomic E-state index is -0.935.